The SMILES string of the molecule is Cc1cc(NC2=CC(=O)CC(C)(C)C2)n(-c2ccccc2)n1. The topological polar surface area (TPSA) is 46.9 Å². The Balaban J connectivity index is 1.92. The van der Waals surface area contributed by atoms with Gasteiger partial charge in [-0.25, -0.2) is 4.68 Å². The summed E-state index contributed by atoms with van der Waals surface area (Å²) in [5.41, 5.74) is 2.90. The molecule has 114 valence electrons. The Labute approximate surface area is 130 Å². The third kappa shape index (κ3) is 3.11. The predicted octanol–water partition coefficient (Wildman–Crippen LogP) is 3.87. The molecule has 0 fully saturated rings. The van der Waals surface area contributed by atoms with Crippen LogP contribution in [-0.2, 0) is 4.79 Å². The van der Waals surface area contributed by atoms with E-state index in [4.69, 9.17) is 0 Å². The van der Waals surface area contributed by atoms with E-state index in [-0.39, 0.29) is 11.2 Å². The zero-order chi connectivity index (χ0) is 15.7. The standard InChI is InChI=1S/C18H21N3O/c1-13-9-17(21(20-13)15-7-5-4-6-8-15)19-14-10-16(22)12-18(2,3)11-14/h4-10,19H,11-12H2,1-3H3. The van der Waals surface area contributed by atoms with E-state index in [0.29, 0.717) is 6.42 Å². The van der Waals surface area contributed by atoms with E-state index in [9.17, 15) is 4.79 Å². The fraction of sp³-hybridized carbons (Fsp3) is 0.333. The summed E-state index contributed by atoms with van der Waals surface area (Å²) < 4.78 is 1.88. The van der Waals surface area contributed by atoms with Crippen LogP contribution in [-0.4, -0.2) is 15.6 Å². The van der Waals surface area contributed by atoms with Crippen LogP contribution >= 0.6 is 0 Å². The number of carbonyl (C=O) groups excluding carboxylic acids is 1. The van der Waals surface area contributed by atoms with Crippen LogP contribution in [0.4, 0.5) is 5.82 Å². The van der Waals surface area contributed by atoms with Crippen molar-refractivity contribution in [3.05, 3.63) is 53.9 Å². The molecule has 1 aliphatic rings. The molecule has 0 bridgehead atoms. The summed E-state index contributed by atoms with van der Waals surface area (Å²) in [6.07, 6.45) is 3.19. The van der Waals surface area contributed by atoms with Gasteiger partial charge in [-0.15, -0.1) is 0 Å². The molecule has 0 spiro atoms. The highest BCUT2D eigenvalue weighted by Crippen LogP contribution is 2.34. The average molecular weight is 295 g/mol. The van der Waals surface area contributed by atoms with E-state index in [1.165, 1.54) is 0 Å². The second kappa shape index (κ2) is 5.44. The zero-order valence-corrected chi connectivity index (χ0v) is 13.3. The molecule has 4 nitrogen and oxygen atoms in total. The van der Waals surface area contributed by atoms with Crippen LogP contribution in [0.1, 0.15) is 32.4 Å². The lowest BCUT2D eigenvalue weighted by Crippen LogP contribution is -2.24. The second-order valence-corrected chi connectivity index (χ2v) is 6.70. The molecule has 0 saturated heterocycles. The highest BCUT2D eigenvalue weighted by molar-refractivity contribution is 5.92. The summed E-state index contributed by atoms with van der Waals surface area (Å²) in [5.74, 6) is 1.07. The summed E-state index contributed by atoms with van der Waals surface area (Å²) >= 11 is 0. The average Bonchev–Trinajstić information content (AvgIpc) is 2.78. The number of aryl methyl sites for hydroxylation is 1. The third-order valence-electron chi connectivity index (χ3n) is 3.78. The first kappa shape index (κ1) is 14.6. The number of hydrogen-bond donors (Lipinski definition) is 1. The van der Waals surface area contributed by atoms with Gasteiger partial charge in [-0.3, -0.25) is 4.79 Å². The van der Waals surface area contributed by atoms with E-state index in [1.54, 1.807) is 6.08 Å². The molecule has 0 atom stereocenters. The third-order valence-corrected chi connectivity index (χ3v) is 3.78. The van der Waals surface area contributed by atoms with Crippen LogP contribution in [0, 0.1) is 12.3 Å². The van der Waals surface area contributed by atoms with Gasteiger partial charge in [0.2, 0.25) is 0 Å². The number of nitrogens with zero attached hydrogens (tertiary/aromatic N) is 2. The van der Waals surface area contributed by atoms with Crippen molar-refractivity contribution in [2.24, 2.45) is 5.41 Å². The van der Waals surface area contributed by atoms with Crippen molar-refractivity contribution in [1.82, 2.24) is 9.78 Å². The Hall–Kier alpha value is -2.36. The summed E-state index contributed by atoms with van der Waals surface area (Å²) in [6.45, 7) is 6.22. The minimum absolute atomic E-state index is 0.000803. The number of benzene rings is 1. The molecule has 22 heavy (non-hydrogen) atoms. The predicted molar refractivity (Wildman–Crippen MR) is 88.0 cm³/mol. The van der Waals surface area contributed by atoms with Gasteiger partial charge in [0.25, 0.3) is 0 Å². The molecule has 3 rings (SSSR count). The van der Waals surface area contributed by atoms with E-state index in [0.717, 1.165) is 29.3 Å². The molecule has 1 aliphatic carbocycles. The Morgan fingerprint density at radius 3 is 2.59 bits per heavy atom. The summed E-state index contributed by atoms with van der Waals surface area (Å²) in [6, 6.07) is 12.0. The lowest BCUT2D eigenvalue weighted by Gasteiger charge is -2.29. The van der Waals surface area contributed by atoms with E-state index in [2.05, 4.69) is 24.3 Å². The molecule has 4 heteroatoms. The van der Waals surface area contributed by atoms with Gasteiger partial charge in [0.15, 0.2) is 5.78 Å². The van der Waals surface area contributed by atoms with Gasteiger partial charge in [0.05, 0.1) is 11.4 Å². The molecular formula is C18H21N3O. The smallest absolute Gasteiger partial charge is 0.157 e. The number of aromatic nitrogens is 2. The molecule has 1 aromatic carbocycles. The van der Waals surface area contributed by atoms with Crippen LogP contribution in [0.2, 0.25) is 0 Å². The quantitative estimate of drug-likeness (QED) is 0.935. The molecule has 1 N–H and O–H groups in total. The van der Waals surface area contributed by atoms with Gasteiger partial charge < -0.3 is 5.32 Å². The minimum Gasteiger partial charge on any atom is -0.344 e. The molecule has 1 aromatic heterocycles. The lowest BCUT2D eigenvalue weighted by atomic mass is 9.79. The van der Waals surface area contributed by atoms with Crippen molar-refractivity contribution >= 4 is 11.6 Å². The fourth-order valence-corrected chi connectivity index (χ4v) is 2.95. The van der Waals surface area contributed by atoms with Crippen LogP contribution in [0.25, 0.3) is 5.69 Å². The first-order valence-corrected chi connectivity index (χ1v) is 7.55. The molecule has 0 radical (unpaired) electrons. The van der Waals surface area contributed by atoms with E-state index in [1.807, 2.05) is 48.0 Å². The van der Waals surface area contributed by atoms with E-state index < -0.39 is 0 Å². The molecule has 0 unspecified atom stereocenters. The van der Waals surface area contributed by atoms with Gasteiger partial charge in [-0.05, 0) is 30.9 Å². The summed E-state index contributed by atoms with van der Waals surface area (Å²) in [5, 5.41) is 7.94. The van der Waals surface area contributed by atoms with Gasteiger partial charge in [0, 0.05) is 24.3 Å². The number of para-hydroxylation sites is 1. The summed E-state index contributed by atoms with van der Waals surface area (Å²) in [4.78, 5) is 11.9. The molecule has 0 aliphatic heterocycles. The normalized spacial score (nSPS) is 17.2. The number of hydrogen-bond acceptors (Lipinski definition) is 3. The maximum atomic E-state index is 11.9. The molecule has 0 saturated carbocycles. The fourth-order valence-electron chi connectivity index (χ4n) is 2.95. The van der Waals surface area contributed by atoms with Gasteiger partial charge in [-0.1, -0.05) is 32.0 Å². The number of carbonyl (C=O) groups is 1. The zero-order valence-electron chi connectivity index (χ0n) is 13.3. The van der Waals surface area contributed by atoms with Crippen molar-refractivity contribution in [3.63, 3.8) is 0 Å². The van der Waals surface area contributed by atoms with Gasteiger partial charge >= 0.3 is 0 Å². The second-order valence-electron chi connectivity index (χ2n) is 6.70. The largest absolute Gasteiger partial charge is 0.344 e. The first-order valence-electron chi connectivity index (χ1n) is 7.55. The lowest BCUT2D eigenvalue weighted by molar-refractivity contribution is -0.117. The molecule has 1 heterocycles. The Morgan fingerprint density at radius 1 is 1.18 bits per heavy atom. The summed E-state index contributed by atoms with van der Waals surface area (Å²) in [7, 11) is 0. The molecular weight excluding hydrogens is 274 g/mol. The highest BCUT2D eigenvalue weighted by atomic mass is 16.1. The van der Waals surface area contributed by atoms with Gasteiger partial charge in [0.1, 0.15) is 5.82 Å². The highest BCUT2D eigenvalue weighted by Gasteiger charge is 2.28. The van der Waals surface area contributed by atoms with Crippen molar-refractivity contribution < 1.29 is 4.79 Å². The monoisotopic (exact) mass is 295 g/mol. The number of nitrogens with one attached hydrogen (secondary N) is 1. The number of rotatable bonds is 3. The van der Waals surface area contributed by atoms with Crippen LogP contribution in [0.5, 0.6) is 0 Å². The number of ketones is 1. The maximum absolute atomic E-state index is 11.9. The molecule has 2 aromatic rings. The van der Waals surface area contributed by atoms with Crippen LogP contribution < -0.4 is 5.32 Å². The molecule has 0 amide bonds. The maximum Gasteiger partial charge on any atom is 0.157 e. The number of anilines is 1. The van der Waals surface area contributed by atoms with Crippen molar-refractivity contribution in [2.45, 2.75) is 33.6 Å². The first-order chi connectivity index (χ1) is 10.4. The van der Waals surface area contributed by atoms with Crippen molar-refractivity contribution in [3.8, 4) is 5.69 Å². The van der Waals surface area contributed by atoms with Crippen LogP contribution in [0.15, 0.2) is 48.2 Å². The Morgan fingerprint density at radius 2 is 1.91 bits per heavy atom. The number of allylic oxidation sites excluding steroid dienone is 2. The Bertz CT molecular complexity index is 726. The van der Waals surface area contributed by atoms with Crippen LogP contribution in [0.3, 0.4) is 0 Å². The Kier molecular flexibility index (Phi) is 3.61. The van der Waals surface area contributed by atoms with E-state index >= 15 is 0 Å². The van der Waals surface area contributed by atoms with Gasteiger partial charge in [-0.2, -0.15) is 5.10 Å². The minimum atomic E-state index is 0.000803. The van der Waals surface area contributed by atoms with Crippen molar-refractivity contribution in [1.29, 1.82) is 0 Å². The van der Waals surface area contributed by atoms with Crippen molar-refractivity contribution in [2.75, 3.05) is 5.32 Å².